The third-order valence-electron chi connectivity index (χ3n) is 4.30. The number of methoxy groups -OCH3 is 2. The first-order chi connectivity index (χ1) is 14.0. The fourth-order valence-corrected chi connectivity index (χ4v) is 2.77. The van der Waals surface area contributed by atoms with Gasteiger partial charge in [0.25, 0.3) is 5.91 Å². The molecular weight excluding hydrogens is 372 g/mol. The Morgan fingerprint density at radius 1 is 1.00 bits per heavy atom. The topological polar surface area (TPSA) is 93.7 Å². The molecule has 1 unspecified atom stereocenters. The van der Waals surface area contributed by atoms with Gasteiger partial charge in [-0.3, -0.25) is 9.59 Å². The second-order valence-electron chi connectivity index (χ2n) is 6.42. The van der Waals surface area contributed by atoms with E-state index in [1.54, 1.807) is 24.3 Å². The van der Waals surface area contributed by atoms with Gasteiger partial charge in [0, 0.05) is 24.9 Å². The zero-order valence-corrected chi connectivity index (χ0v) is 16.6. The quantitative estimate of drug-likeness (QED) is 0.472. The van der Waals surface area contributed by atoms with Gasteiger partial charge < -0.3 is 20.1 Å². The number of nitrogens with one attached hydrogen (secondary N) is 2. The highest BCUT2D eigenvalue weighted by atomic mass is 16.5. The lowest BCUT2D eigenvalue weighted by Crippen LogP contribution is -2.43. The van der Waals surface area contributed by atoms with Crippen molar-refractivity contribution < 1.29 is 23.9 Å². The molecule has 1 atom stereocenters. The van der Waals surface area contributed by atoms with E-state index in [0.29, 0.717) is 30.7 Å². The number of hydrogen-bond acceptors (Lipinski definition) is 5. The maximum atomic E-state index is 12.2. The van der Waals surface area contributed by atoms with Gasteiger partial charge >= 0.3 is 5.97 Å². The molecule has 7 nitrogen and oxygen atoms in total. The van der Waals surface area contributed by atoms with Gasteiger partial charge in [0.1, 0.15) is 11.8 Å². The highest BCUT2D eigenvalue weighted by molar-refractivity contribution is 5.94. The lowest BCUT2D eigenvalue weighted by atomic mass is 10.1. The molecule has 0 aliphatic rings. The molecule has 2 N–H and O–H groups in total. The molecule has 0 aromatic heterocycles. The largest absolute Gasteiger partial charge is 0.497 e. The summed E-state index contributed by atoms with van der Waals surface area (Å²) in [6, 6.07) is 15.5. The maximum absolute atomic E-state index is 12.2. The molecule has 2 amide bonds. The molecule has 29 heavy (non-hydrogen) atoms. The van der Waals surface area contributed by atoms with E-state index in [9.17, 15) is 14.4 Å². The van der Waals surface area contributed by atoms with Crippen LogP contribution in [0.25, 0.3) is 0 Å². The van der Waals surface area contributed by atoms with Crippen molar-refractivity contribution in [2.24, 2.45) is 0 Å². The fourth-order valence-electron chi connectivity index (χ4n) is 2.77. The van der Waals surface area contributed by atoms with E-state index in [1.165, 1.54) is 14.2 Å². The van der Waals surface area contributed by atoms with Gasteiger partial charge in [-0.1, -0.05) is 36.4 Å². The zero-order chi connectivity index (χ0) is 21.1. The van der Waals surface area contributed by atoms with Crippen molar-refractivity contribution in [3.8, 4) is 5.75 Å². The van der Waals surface area contributed by atoms with Crippen molar-refractivity contribution in [3.05, 3.63) is 65.7 Å². The van der Waals surface area contributed by atoms with Gasteiger partial charge in [0.05, 0.1) is 14.2 Å². The van der Waals surface area contributed by atoms with Crippen LogP contribution < -0.4 is 15.4 Å². The number of hydrogen-bond donors (Lipinski definition) is 2. The fraction of sp³-hybridized carbons (Fsp3) is 0.318. The Labute approximate surface area is 170 Å². The summed E-state index contributed by atoms with van der Waals surface area (Å²) in [5.74, 6) is -0.398. The third kappa shape index (κ3) is 7.29. The molecule has 7 heteroatoms. The molecule has 154 valence electrons. The van der Waals surface area contributed by atoms with Crippen LogP contribution >= 0.6 is 0 Å². The van der Waals surface area contributed by atoms with E-state index in [0.717, 1.165) is 5.56 Å². The molecule has 0 spiro atoms. The second-order valence-corrected chi connectivity index (χ2v) is 6.42. The lowest BCUT2D eigenvalue weighted by molar-refractivity contribution is -0.145. The van der Waals surface area contributed by atoms with Crippen LogP contribution in [-0.2, 0) is 20.7 Å². The van der Waals surface area contributed by atoms with Crippen molar-refractivity contribution in [1.82, 2.24) is 10.6 Å². The minimum absolute atomic E-state index is 0.181. The standard InChI is InChI=1S/C22H26N2O5/c1-28-18-11-6-10-17(15-18)21(26)23-13-7-12-20(25)24-19(22(27)29-2)14-16-8-4-3-5-9-16/h3-6,8-11,15,19H,7,12-14H2,1-2H3,(H,23,26)(H,24,25). The maximum Gasteiger partial charge on any atom is 0.328 e. The van der Waals surface area contributed by atoms with Gasteiger partial charge in [-0.15, -0.1) is 0 Å². The molecule has 0 aliphatic carbocycles. The first-order valence-corrected chi connectivity index (χ1v) is 9.37. The highest BCUT2D eigenvalue weighted by Gasteiger charge is 2.21. The molecule has 0 heterocycles. The summed E-state index contributed by atoms with van der Waals surface area (Å²) < 4.78 is 9.89. The minimum atomic E-state index is -0.749. The molecule has 0 fully saturated rings. The average Bonchev–Trinajstić information content (AvgIpc) is 2.76. The first-order valence-electron chi connectivity index (χ1n) is 9.37. The second kappa shape index (κ2) is 11.5. The number of benzene rings is 2. The van der Waals surface area contributed by atoms with Crippen LogP contribution in [0.1, 0.15) is 28.8 Å². The van der Waals surface area contributed by atoms with Gasteiger partial charge in [0.15, 0.2) is 0 Å². The molecule has 0 bridgehead atoms. The summed E-state index contributed by atoms with van der Waals surface area (Å²) in [6.07, 6.45) is 0.979. The van der Waals surface area contributed by atoms with Crippen molar-refractivity contribution in [2.75, 3.05) is 20.8 Å². The number of ether oxygens (including phenoxy) is 2. The van der Waals surface area contributed by atoms with Gasteiger partial charge in [-0.05, 0) is 30.2 Å². The lowest BCUT2D eigenvalue weighted by Gasteiger charge is -2.16. The van der Waals surface area contributed by atoms with Gasteiger partial charge in [0.2, 0.25) is 5.91 Å². The van der Waals surface area contributed by atoms with Crippen molar-refractivity contribution in [2.45, 2.75) is 25.3 Å². The Morgan fingerprint density at radius 3 is 2.45 bits per heavy atom. The molecular formula is C22H26N2O5. The first kappa shape index (κ1) is 21.9. The highest BCUT2D eigenvalue weighted by Crippen LogP contribution is 2.12. The van der Waals surface area contributed by atoms with E-state index >= 15 is 0 Å². The number of carbonyl (C=O) groups excluding carboxylic acids is 3. The summed E-state index contributed by atoms with van der Waals surface area (Å²) in [6.45, 7) is 0.338. The Kier molecular flexibility index (Phi) is 8.69. The number of esters is 1. The average molecular weight is 398 g/mol. The number of carbonyl (C=O) groups is 3. The summed E-state index contributed by atoms with van der Waals surface area (Å²) in [5, 5.41) is 5.47. The molecule has 2 aromatic carbocycles. The molecule has 0 saturated heterocycles. The SMILES string of the molecule is COC(=O)C(Cc1ccccc1)NC(=O)CCCNC(=O)c1cccc(OC)c1. The Hall–Kier alpha value is -3.35. The molecule has 0 radical (unpaired) electrons. The van der Waals surface area contributed by atoms with Crippen LogP contribution in [0, 0.1) is 0 Å². The van der Waals surface area contributed by atoms with Crippen molar-refractivity contribution in [3.63, 3.8) is 0 Å². The third-order valence-corrected chi connectivity index (χ3v) is 4.30. The Bertz CT molecular complexity index is 823. The van der Waals surface area contributed by atoms with Crippen LogP contribution in [0.3, 0.4) is 0 Å². The summed E-state index contributed by atoms with van der Waals surface area (Å²) in [4.78, 5) is 36.3. The number of rotatable bonds is 10. The molecule has 2 rings (SSSR count). The van der Waals surface area contributed by atoms with E-state index < -0.39 is 12.0 Å². The van der Waals surface area contributed by atoms with Crippen molar-refractivity contribution in [1.29, 1.82) is 0 Å². The number of amides is 2. The Balaban J connectivity index is 1.78. The van der Waals surface area contributed by atoms with Crippen LogP contribution in [0.15, 0.2) is 54.6 Å². The molecule has 0 aliphatic heterocycles. The summed E-state index contributed by atoms with van der Waals surface area (Å²) >= 11 is 0. The Morgan fingerprint density at radius 2 is 1.76 bits per heavy atom. The summed E-state index contributed by atoms with van der Waals surface area (Å²) in [5.41, 5.74) is 1.41. The molecule has 2 aromatic rings. The van der Waals surface area contributed by atoms with E-state index in [2.05, 4.69) is 10.6 Å². The van der Waals surface area contributed by atoms with E-state index in [1.807, 2.05) is 30.3 Å². The summed E-state index contributed by atoms with van der Waals surface area (Å²) in [7, 11) is 2.83. The zero-order valence-electron chi connectivity index (χ0n) is 16.6. The van der Waals surface area contributed by atoms with Crippen LogP contribution in [0.5, 0.6) is 5.75 Å². The van der Waals surface area contributed by atoms with E-state index in [4.69, 9.17) is 9.47 Å². The molecule has 0 saturated carbocycles. The minimum Gasteiger partial charge on any atom is -0.497 e. The van der Waals surface area contributed by atoms with Crippen LogP contribution in [-0.4, -0.2) is 44.6 Å². The van der Waals surface area contributed by atoms with Crippen LogP contribution in [0.4, 0.5) is 0 Å². The monoisotopic (exact) mass is 398 g/mol. The van der Waals surface area contributed by atoms with Gasteiger partial charge in [-0.25, -0.2) is 4.79 Å². The normalized spacial score (nSPS) is 11.2. The van der Waals surface area contributed by atoms with Crippen LogP contribution in [0.2, 0.25) is 0 Å². The van der Waals surface area contributed by atoms with Crippen molar-refractivity contribution >= 4 is 17.8 Å². The van der Waals surface area contributed by atoms with E-state index in [-0.39, 0.29) is 18.2 Å². The smallest absolute Gasteiger partial charge is 0.328 e. The predicted molar refractivity (Wildman–Crippen MR) is 109 cm³/mol. The predicted octanol–water partition coefficient (Wildman–Crippen LogP) is 2.11. The van der Waals surface area contributed by atoms with Gasteiger partial charge in [-0.2, -0.15) is 0 Å².